The summed E-state index contributed by atoms with van der Waals surface area (Å²) < 4.78 is 12.7. The van der Waals surface area contributed by atoms with Gasteiger partial charge in [0.25, 0.3) is 0 Å². The molecule has 0 saturated carbocycles. The van der Waals surface area contributed by atoms with Gasteiger partial charge in [-0.2, -0.15) is 0 Å². The maximum Gasteiger partial charge on any atom is 0.131 e. The van der Waals surface area contributed by atoms with Gasteiger partial charge in [-0.05, 0) is 23.3 Å². The molecular formula is C28H25N3O2. The van der Waals surface area contributed by atoms with Crippen LogP contribution in [0.25, 0.3) is 22.3 Å². The largest absolute Gasteiger partial charge is 0.488 e. The number of rotatable bonds is 6. The molecule has 2 atom stereocenters. The first-order valence-corrected chi connectivity index (χ1v) is 11.4. The van der Waals surface area contributed by atoms with Crippen LogP contribution < -0.4 is 14.8 Å². The van der Waals surface area contributed by atoms with Crippen LogP contribution in [-0.2, 0) is 12.8 Å². The lowest BCUT2D eigenvalue weighted by Gasteiger charge is -2.16. The van der Waals surface area contributed by atoms with Crippen molar-refractivity contribution in [3.63, 3.8) is 0 Å². The Labute approximate surface area is 193 Å². The molecule has 2 aromatic heterocycles. The molecule has 0 amide bonds. The minimum absolute atomic E-state index is 0.118. The number of fused-ring (bicyclic) bond motifs is 2. The summed E-state index contributed by atoms with van der Waals surface area (Å²) in [5.74, 6) is 1.98. The van der Waals surface area contributed by atoms with Crippen molar-refractivity contribution in [1.82, 2.24) is 15.3 Å². The van der Waals surface area contributed by atoms with Crippen LogP contribution in [0.2, 0.25) is 0 Å². The number of para-hydroxylation sites is 2. The number of nitrogens with zero attached hydrogens (tertiary/aromatic N) is 2. The average molecular weight is 436 g/mol. The number of pyridine rings is 2. The molecule has 5 nitrogen and oxygen atoms in total. The minimum Gasteiger partial charge on any atom is -0.488 e. The van der Waals surface area contributed by atoms with Crippen molar-refractivity contribution in [2.24, 2.45) is 0 Å². The Hall–Kier alpha value is -3.70. The van der Waals surface area contributed by atoms with Gasteiger partial charge in [0, 0.05) is 73.0 Å². The van der Waals surface area contributed by atoms with Crippen molar-refractivity contribution in [3.05, 3.63) is 96.6 Å². The predicted octanol–water partition coefficient (Wildman–Crippen LogP) is 4.71. The number of nitrogens with one attached hydrogen (secondary N) is 1. The van der Waals surface area contributed by atoms with Gasteiger partial charge in [0.05, 0.1) is 0 Å². The summed E-state index contributed by atoms with van der Waals surface area (Å²) >= 11 is 0. The highest BCUT2D eigenvalue weighted by molar-refractivity contribution is 5.73. The predicted molar refractivity (Wildman–Crippen MR) is 128 cm³/mol. The maximum absolute atomic E-state index is 6.36. The summed E-state index contributed by atoms with van der Waals surface area (Å²) in [7, 11) is 0. The number of ether oxygens (including phenoxy) is 2. The Bertz CT molecular complexity index is 1160. The van der Waals surface area contributed by atoms with E-state index in [1.165, 1.54) is 11.1 Å². The van der Waals surface area contributed by atoms with Crippen LogP contribution in [0.3, 0.4) is 0 Å². The molecule has 5 heteroatoms. The second-order valence-corrected chi connectivity index (χ2v) is 8.62. The van der Waals surface area contributed by atoms with Gasteiger partial charge in [-0.15, -0.1) is 0 Å². The smallest absolute Gasteiger partial charge is 0.131 e. The first kappa shape index (κ1) is 19.9. The number of benzene rings is 2. The third-order valence-electron chi connectivity index (χ3n) is 6.35. The summed E-state index contributed by atoms with van der Waals surface area (Å²) in [5, 5.41) is 3.58. The third kappa shape index (κ3) is 3.96. The second-order valence-electron chi connectivity index (χ2n) is 8.62. The van der Waals surface area contributed by atoms with E-state index >= 15 is 0 Å². The molecule has 0 bridgehead atoms. The second kappa shape index (κ2) is 8.68. The zero-order valence-corrected chi connectivity index (χ0v) is 18.3. The van der Waals surface area contributed by atoms with Crippen LogP contribution in [0.1, 0.15) is 11.1 Å². The van der Waals surface area contributed by atoms with Crippen molar-refractivity contribution >= 4 is 0 Å². The van der Waals surface area contributed by atoms with E-state index in [2.05, 4.69) is 63.8 Å². The molecule has 2 aromatic carbocycles. The van der Waals surface area contributed by atoms with E-state index in [1.807, 2.05) is 24.5 Å². The van der Waals surface area contributed by atoms with Gasteiger partial charge in [0.2, 0.25) is 0 Å². The van der Waals surface area contributed by atoms with Gasteiger partial charge in [-0.3, -0.25) is 9.97 Å². The topological polar surface area (TPSA) is 56.3 Å². The fourth-order valence-corrected chi connectivity index (χ4v) is 4.81. The average Bonchev–Trinajstić information content (AvgIpc) is 3.48. The van der Waals surface area contributed by atoms with Crippen LogP contribution in [0, 0.1) is 0 Å². The van der Waals surface area contributed by atoms with Crippen molar-refractivity contribution in [3.8, 4) is 33.8 Å². The molecule has 33 heavy (non-hydrogen) atoms. The molecule has 4 heterocycles. The van der Waals surface area contributed by atoms with Crippen molar-refractivity contribution in [2.75, 3.05) is 13.1 Å². The quantitative estimate of drug-likeness (QED) is 0.476. The summed E-state index contributed by atoms with van der Waals surface area (Å²) in [6.07, 6.45) is 9.42. The van der Waals surface area contributed by atoms with Gasteiger partial charge in [-0.1, -0.05) is 48.5 Å². The Morgan fingerprint density at radius 2 is 1.18 bits per heavy atom. The number of hydrogen-bond donors (Lipinski definition) is 1. The highest BCUT2D eigenvalue weighted by atomic mass is 16.5. The van der Waals surface area contributed by atoms with Gasteiger partial charge in [0.1, 0.15) is 23.7 Å². The fourth-order valence-electron chi connectivity index (χ4n) is 4.81. The first-order chi connectivity index (χ1) is 16.3. The summed E-state index contributed by atoms with van der Waals surface area (Å²) in [5.41, 5.74) is 6.91. The molecular weight excluding hydrogens is 410 g/mol. The Kier molecular flexibility index (Phi) is 5.25. The van der Waals surface area contributed by atoms with E-state index in [9.17, 15) is 0 Å². The van der Waals surface area contributed by atoms with Crippen LogP contribution >= 0.6 is 0 Å². The van der Waals surface area contributed by atoms with E-state index in [1.54, 1.807) is 12.4 Å². The standard InChI is InChI=1S/C28H25N3O2/c1-5-19-13-23(32-27(19)25(9-1)21-7-3-11-29-15-21)17-31-18-24-14-20-6-2-10-26(28(20)33-24)22-8-4-12-30-16-22/h1-12,15-16,23-24,31H,13-14,17-18H2. The number of hydrogen-bond acceptors (Lipinski definition) is 5. The third-order valence-corrected chi connectivity index (χ3v) is 6.35. The lowest BCUT2D eigenvalue weighted by atomic mass is 10.0. The van der Waals surface area contributed by atoms with Gasteiger partial charge in [0.15, 0.2) is 0 Å². The Morgan fingerprint density at radius 3 is 1.64 bits per heavy atom. The zero-order chi connectivity index (χ0) is 22.0. The van der Waals surface area contributed by atoms with Crippen molar-refractivity contribution in [1.29, 1.82) is 0 Å². The summed E-state index contributed by atoms with van der Waals surface area (Å²) in [6.45, 7) is 1.57. The fraction of sp³-hybridized carbons (Fsp3) is 0.214. The monoisotopic (exact) mass is 435 g/mol. The Balaban J connectivity index is 1.08. The van der Waals surface area contributed by atoms with E-state index in [0.29, 0.717) is 0 Å². The van der Waals surface area contributed by atoms with Crippen LogP contribution in [-0.4, -0.2) is 35.3 Å². The minimum atomic E-state index is 0.118. The normalized spacial score (nSPS) is 18.3. The van der Waals surface area contributed by atoms with Gasteiger partial charge in [-0.25, -0.2) is 0 Å². The zero-order valence-electron chi connectivity index (χ0n) is 18.3. The highest BCUT2D eigenvalue weighted by Gasteiger charge is 2.28. The molecule has 0 saturated heterocycles. The Morgan fingerprint density at radius 1 is 0.667 bits per heavy atom. The van der Waals surface area contributed by atoms with Crippen molar-refractivity contribution < 1.29 is 9.47 Å². The molecule has 0 radical (unpaired) electrons. The molecule has 0 spiro atoms. The van der Waals surface area contributed by atoms with Crippen molar-refractivity contribution in [2.45, 2.75) is 25.0 Å². The van der Waals surface area contributed by atoms with E-state index in [4.69, 9.17) is 9.47 Å². The molecule has 164 valence electrons. The van der Waals surface area contributed by atoms with E-state index < -0.39 is 0 Å². The molecule has 0 aliphatic carbocycles. The SMILES string of the molecule is c1cncc(-c2cccc3c2OC(CNCC2Cc4cccc(-c5cccnc5)c4O2)C3)c1. The summed E-state index contributed by atoms with van der Waals surface area (Å²) in [4.78, 5) is 8.51. The molecule has 4 aromatic rings. The first-order valence-electron chi connectivity index (χ1n) is 11.4. The van der Waals surface area contributed by atoms with Crippen LogP contribution in [0.4, 0.5) is 0 Å². The molecule has 1 N–H and O–H groups in total. The van der Waals surface area contributed by atoms with Gasteiger partial charge >= 0.3 is 0 Å². The molecule has 0 fully saturated rings. The molecule has 6 rings (SSSR count). The van der Waals surface area contributed by atoms with E-state index in [-0.39, 0.29) is 12.2 Å². The molecule has 2 unspecified atom stereocenters. The lowest BCUT2D eigenvalue weighted by Crippen LogP contribution is -2.36. The molecule has 2 aliphatic rings. The lowest BCUT2D eigenvalue weighted by molar-refractivity contribution is 0.200. The van der Waals surface area contributed by atoms with Gasteiger partial charge < -0.3 is 14.8 Å². The number of aromatic nitrogens is 2. The highest BCUT2D eigenvalue weighted by Crippen LogP contribution is 2.39. The van der Waals surface area contributed by atoms with E-state index in [0.717, 1.165) is 59.7 Å². The maximum atomic E-state index is 6.36. The van der Waals surface area contributed by atoms with Crippen LogP contribution in [0.5, 0.6) is 11.5 Å². The van der Waals surface area contributed by atoms with Crippen LogP contribution in [0.15, 0.2) is 85.5 Å². The molecule has 2 aliphatic heterocycles. The summed E-state index contributed by atoms with van der Waals surface area (Å²) in [6, 6.07) is 20.8.